The van der Waals surface area contributed by atoms with E-state index in [1.165, 1.54) is 0 Å². The van der Waals surface area contributed by atoms with Gasteiger partial charge in [0.15, 0.2) is 0 Å². The van der Waals surface area contributed by atoms with Crippen molar-refractivity contribution in [3.63, 3.8) is 0 Å². The van der Waals surface area contributed by atoms with Crippen molar-refractivity contribution in [2.24, 2.45) is 0 Å². The van der Waals surface area contributed by atoms with Gasteiger partial charge in [-0.05, 0) is 42.3 Å². The molecule has 0 aliphatic carbocycles. The fourth-order valence-electron chi connectivity index (χ4n) is 1.88. The third kappa shape index (κ3) is 3.78. The molecule has 0 saturated heterocycles. The molecule has 0 heterocycles. The van der Waals surface area contributed by atoms with Gasteiger partial charge in [0, 0.05) is 10.6 Å². The third-order valence-electron chi connectivity index (χ3n) is 2.94. The van der Waals surface area contributed by atoms with E-state index in [1.807, 2.05) is 48.5 Å². The lowest BCUT2D eigenvalue weighted by atomic mass is 10.1. The summed E-state index contributed by atoms with van der Waals surface area (Å²) in [5.41, 5.74) is 2.14. The first-order valence-electron chi connectivity index (χ1n) is 6.38. The first kappa shape index (κ1) is 14.5. The van der Waals surface area contributed by atoms with Crippen LogP contribution in [0.3, 0.4) is 0 Å². The second-order valence-electron chi connectivity index (χ2n) is 4.38. The molecule has 0 N–H and O–H groups in total. The number of hydrogen-bond donors (Lipinski definition) is 0. The zero-order valence-corrected chi connectivity index (χ0v) is 12.2. The molecule has 0 aromatic heterocycles. The van der Waals surface area contributed by atoms with Crippen LogP contribution in [-0.2, 0) is 13.0 Å². The van der Waals surface area contributed by atoms with Crippen LogP contribution in [0.2, 0.25) is 5.02 Å². The Labute approximate surface area is 124 Å². The summed E-state index contributed by atoms with van der Waals surface area (Å²) in [7, 11) is 1.65. The average Bonchev–Trinajstić information content (AvgIpc) is 2.48. The summed E-state index contributed by atoms with van der Waals surface area (Å²) in [6.45, 7) is 4.28. The van der Waals surface area contributed by atoms with Gasteiger partial charge in [0.25, 0.3) is 0 Å². The molecule has 0 fully saturated rings. The lowest BCUT2D eigenvalue weighted by Gasteiger charge is -2.12. The molecule has 2 nitrogen and oxygen atoms in total. The van der Waals surface area contributed by atoms with Gasteiger partial charge in [-0.3, -0.25) is 0 Å². The van der Waals surface area contributed by atoms with Crippen LogP contribution in [0, 0.1) is 0 Å². The summed E-state index contributed by atoms with van der Waals surface area (Å²) in [4.78, 5) is 0. The second kappa shape index (κ2) is 7.01. The molecule has 0 spiro atoms. The molecule has 0 aliphatic heterocycles. The lowest BCUT2D eigenvalue weighted by molar-refractivity contribution is 0.302. The Balaban J connectivity index is 2.11. The van der Waals surface area contributed by atoms with Crippen molar-refractivity contribution in [2.45, 2.75) is 13.0 Å². The predicted molar refractivity (Wildman–Crippen MR) is 82.7 cm³/mol. The molecule has 0 amide bonds. The molecule has 2 aromatic carbocycles. The average molecular weight is 289 g/mol. The van der Waals surface area contributed by atoms with Gasteiger partial charge < -0.3 is 9.47 Å². The molecule has 2 rings (SSSR count). The van der Waals surface area contributed by atoms with E-state index >= 15 is 0 Å². The summed E-state index contributed by atoms with van der Waals surface area (Å²) in [5, 5.41) is 0.727. The standard InChI is InChI=1S/C17H17ClO2/c1-3-4-14-11-16(19-2)9-10-17(14)20-12-13-5-7-15(18)8-6-13/h3,5-11H,1,4,12H2,2H3. The Bertz CT molecular complexity index is 576. The topological polar surface area (TPSA) is 18.5 Å². The van der Waals surface area contributed by atoms with Gasteiger partial charge in [-0.2, -0.15) is 0 Å². The summed E-state index contributed by atoms with van der Waals surface area (Å²) in [5.74, 6) is 1.67. The molecule has 0 radical (unpaired) electrons. The maximum atomic E-state index is 5.87. The van der Waals surface area contributed by atoms with E-state index in [9.17, 15) is 0 Å². The third-order valence-corrected chi connectivity index (χ3v) is 3.19. The summed E-state index contributed by atoms with van der Waals surface area (Å²) >= 11 is 5.86. The van der Waals surface area contributed by atoms with Crippen molar-refractivity contribution < 1.29 is 9.47 Å². The smallest absolute Gasteiger partial charge is 0.123 e. The normalized spacial score (nSPS) is 10.1. The van der Waals surface area contributed by atoms with Gasteiger partial charge >= 0.3 is 0 Å². The highest BCUT2D eigenvalue weighted by atomic mass is 35.5. The maximum absolute atomic E-state index is 5.87. The van der Waals surface area contributed by atoms with E-state index in [0.717, 1.165) is 34.1 Å². The van der Waals surface area contributed by atoms with Crippen molar-refractivity contribution in [3.05, 3.63) is 71.3 Å². The summed E-state index contributed by atoms with van der Waals surface area (Å²) < 4.78 is 11.1. The van der Waals surface area contributed by atoms with Gasteiger partial charge in [-0.15, -0.1) is 6.58 Å². The first-order chi connectivity index (χ1) is 9.72. The van der Waals surface area contributed by atoms with E-state index in [0.29, 0.717) is 6.61 Å². The fourth-order valence-corrected chi connectivity index (χ4v) is 2.01. The number of benzene rings is 2. The van der Waals surface area contributed by atoms with Crippen LogP contribution >= 0.6 is 11.6 Å². The van der Waals surface area contributed by atoms with E-state index in [4.69, 9.17) is 21.1 Å². The zero-order valence-electron chi connectivity index (χ0n) is 11.4. The molecular formula is C17H17ClO2. The fraction of sp³-hybridized carbons (Fsp3) is 0.176. The molecule has 0 aliphatic rings. The predicted octanol–water partition coefficient (Wildman–Crippen LogP) is 4.66. The Hall–Kier alpha value is -1.93. The van der Waals surface area contributed by atoms with E-state index < -0.39 is 0 Å². The molecule has 20 heavy (non-hydrogen) atoms. The minimum atomic E-state index is 0.508. The van der Waals surface area contributed by atoms with Crippen molar-refractivity contribution in [1.29, 1.82) is 0 Å². The van der Waals surface area contributed by atoms with Gasteiger partial charge in [-0.1, -0.05) is 29.8 Å². The molecule has 2 aromatic rings. The van der Waals surface area contributed by atoms with E-state index in [-0.39, 0.29) is 0 Å². The monoisotopic (exact) mass is 288 g/mol. The molecule has 0 bridgehead atoms. The van der Waals surface area contributed by atoms with Gasteiger partial charge in [-0.25, -0.2) is 0 Å². The molecule has 0 saturated carbocycles. The number of ether oxygens (including phenoxy) is 2. The van der Waals surface area contributed by atoms with Crippen LogP contribution in [-0.4, -0.2) is 7.11 Å². The molecule has 0 atom stereocenters. The van der Waals surface area contributed by atoms with Crippen LogP contribution in [0.1, 0.15) is 11.1 Å². The van der Waals surface area contributed by atoms with Crippen LogP contribution in [0.25, 0.3) is 0 Å². The Morgan fingerprint density at radius 3 is 2.55 bits per heavy atom. The highest BCUT2D eigenvalue weighted by Crippen LogP contribution is 2.26. The Morgan fingerprint density at radius 1 is 1.15 bits per heavy atom. The number of hydrogen-bond acceptors (Lipinski definition) is 2. The summed E-state index contributed by atoms with van der Waals surface area (Å²) in [6.07, 6.45) is 2.59. The Morgan fingerprint density at radius 2 is 1.90 bits per heavy atom. The molecule has 0 unspecified atom stereocenters. The minimum absolute atomic E-state index is 0.508. The number of rotatable bonds is 6. The van der Waals surface area contributed by atoms with Gasteiger partial charge in [0.05, 0.1) is 7.11 Å². The summed E-state index contributed by atoms with van der Waals surface area (Å²) in [6, 6.07) is 13.4. The largest absolute Gasteiger partial charge is 0.497 e. The van der Waals surface area contributed by atoms with Crippen LogP contribution in [0.4, 0.5) is 0 Å². The van der Waals surface area contributed by atoms with Crippen molar-refractivity contribution in [1.82, 2.24) is 0 Å². The van der Waals surface area contributed by atoms with Crippen molar-refractivity contribution >= 4 is 11.6 Å². The second-order valence-corrected chi connectivity index (χ2v) is 4.82. The van der Waals surface area contributed by atoms with Gasteiger partial charge in [0.1, 0.15) is 18.1 Å². The van der Waals surface area contributed by atoms with E-state index in [1.54, 1.807) is 7.11 Å². The zero-order chi connectivity index (χ0) is 14.4. The van der Waals surface area contributed by atoms with Crippen LogP contribution in [0.15, 0.2) is 55.1 Å². The maximum Gasteiger partial charge on any atom is 0.123 e. The van der Waals surface area contributed by atoms with Crippen LogP contribution in [0.5, 0.6) is 11.5 Å². The highest BCUT2D eigenvalue weighted by Gasteiger charge is 2.05. The first-order valence-corrected chi connectivity index (χ1v) is 6.76. The number of allylic oxidation sites excluding steroid dienone is 1. The van der Waals surface area contributed by atoms with Crippen molar-refractivity contribution in [3.8, 4) is 11.5 Å². The minimum Gasteiger partial charge on any atom is -0.497 e. The quantitative estimate of drug-likeness (QED) is 0.720. The molecule has 3 heteroatoms. The number of methoxy groups -OCH3 is 1. The molecular weight excluding hydrogens is 272 g/mol. The Kier molecular flexibility index (Phi) is 5.08. The van der Waals surface area contributed by atoms with Gasteiger partial charge in [0.2, 0.25) is 0 Å². The number of halogens is 1. The lowest BCUT2D eigenvalue weighted by Crippen LogP contribution is -1.99. The van der Waals surface area contributed by atoms with Crippen LogP contribution < -0.4 is 9.47 Å². The van der Waals surface area contributed by atoms with Crippen molar-refractivity contribution in [2.75, 3.05) is 7.11 Å². The molecule has 104 valence electrons. The van der Waals surface area contributed by atoms with E-state index in [2.05, 4.69) is 6.58 Å². The SMILES string of the molecule is C=CCc1cc(OC)ccc1OCc1ccc(Cl)cc1. The highest BCUT2D eigenvalue weighted by molar-refractivity contribution is 6.30.